The number of benzene rings is 1. The Bertz CT molecular complexity index is 975. The highest BCUT2D eigenvalue weighted by atomic mass is 19.4. The summed E-state index contributed by atoms with van der Waals surface area (Å²) in [6.45, 7) is 7.61. The van der Waals surface area contributed by atoms with Crippen LogP contribution in [0.2, 0.25) is 0 Å². The maximum absolute atomic E-state index is 14.6. The lowest BCUT2D eigenvalue weighted by Gasteiger charge is -2.32. The number of nitrogens with zero attached hydrogens (tertiary/aromatic N) is 1. The van der Waals surface area contributed by atoms with Crippen LogP contribution in [0.15, 0.2) is 28.8 Å². The van der Waals surface area contributed by atoms with Crippen LogP contribution in [0.4, 0.5) is 23.4 Å². The van der Waals surface area contributed by atoms with Crippen molar-refractivity contribution in [2.75, 3.05) is 5.32 Å². The molecule has 1 aromatic heterocycles. The van der Waals surface area contributed by atoms with Crippen molar-refractivity contribution >= 4 is 24.3 Å². The Balaban J connectivity index is 1.52. The minimum absolute atomic E-state index is 0.0207. The van der Waals surface area contributed by atoms with Crippen molar-refractivity contribution in [2.24, 2.45) is 0 Å². The number of anilines is 1. The summed E-state index contributed by atoms with van der Waals surface area (Å²) >= 11 is 0. The number of unbranched alkanes of at least 4 members (excludes halogenated alkanes) is 1. The Morgan fingerprint density at radius 1 is 1.09 bits per heavy atom. The largest absolute Gasteiger partial charge is 0.494 e. The lowest BCUT2D eigenvalue weighted by Crippen LogP contribution is -2.41. The van der Waals surface area contributed by atoms with E-state index in [1.165, 1.54) is 18.2 Å². The van der Waals surface area contributed by atoms with Crippen LogP contribution in [-0.4, -0.2) is 35.6 Å². The van der Waals surface area contributed by atoms with Gasteiger partial charge in [0.1, 0.15) is 11.6 Å². The van der Waals surface area contributed by atoms with E-state index in [-0.39, 0.29) is 37.1 Å². The van der Waals surface area contributed by atoms with Gasteiger partial charge in [0, 0.05) is 18.9 Å². The molecule has 0 spiro atoms. The molecule has 0 bridgehead atoms. The maximum Gasteiger partial charge on any atom is 0.494 e. The van der Waals surface area contributed by atoms with Crippen LogP contribution in [0.25, 0.3) is 0 Å². The fourth-order valence-corrected chi connectivity index (χ4v) is 3.31. The van der Waals surface area contributed by atoms with Gasteiger partial charge in [-0.05, 0) is 57.6 Å². The molecule has 1 fully saturated rings. The second-order valence-electron chi connectivity index (χ2n) is 9.16. The monoisotopic (exact) mass is 470 g/mol. The second kappa shape index (κ2) is 9.46. The summed E-state index contributed by atoms with van der Waals surface area (Å²) in [6.07, 6.45) is -4.74. The molecule has 0 radical (unpaired) electrons. The van der Waals surface area contributed by atoms with Crippen molar-refractivity contribution in [2.45, 2.75) is 77.2 Å². The average Bonchev–Trinajstić information content (AvgIpc) is 3.20. The third-order valence-corrected chi connectivity index (χ3v) is 5.91. The van der Waals surface area contributed by atoms with Gasteiger partial charge in [-0.1, -0.05) is 17.3 Å². The van der Waals surface area contributed by atoms with Crippen molar-refractivity contribution < 1.29 is 36.2 Å². The zero-order chi connectivity index (χ0) is 24.4. The van der Waals surface area contributed by atoms with E-state index in [0.29, 0.717) is 11.2 Å². The Morgan fingerprint density at radius 2 is 1.76 bits per heavy atom. The summed E-state index contributed by atoms with van der Waals surface area (Å²) in [6, 6.07) is 5.90. The molecule has 6 nitrogen and oxygen atoms in total. The van der Waals surface area contributed by atoms with Crippen molar-refractivity contribution in [3.05, 3.63) is 41.4 Å². The fraction of sp³-hybridized carbons (Fsp3) is 0.545. The van der Waals surface area contributed by atoms with Crippen LogP contribution in [0, 0.1) is 5.82 Å². The predicted octanol–water partition coefficient (Wildman–Crippen LogP) is 4.57. The van der Waals surface area contributed by atoms with Crippen LogP contribution in [0.5, 0.6) is 0 Å². The standard InChI is InChI=1S/C22H27BF4N2O4/c1-20(2)21(3,4)33-23(32-20)15-9-8-14(17(24)12-15)11-19(30)28-18-13-16(31-29-18)7-5-6-10-22(25,26)27/h8-9,12-13H,5-7,10-11H2,1-4H3,(H,28,29,30). The summed E-state index contributed by atoms with van der Waals surface area (Å²) in [5, 5.41) is 6.19. The smallest absolute Gasteiger partial charge is 0.399 e. The van der Waals surface area contributed by atoms with Gasteiger partial charge in [0.15, 0.2) is 5.82 Å². The van der Waals surface area contributed by atoms with Gasteiger partial charge in [0.05, 0.1) is 17.6 Å². The number of halogens is 4. The molecule has 1 amide bonds. The van der Waals surface area contributed by atoms with Crippen molar-refractivity contribution in [1.82, 2.24) is 5.16 Å². The number of alkyl halides is 3. The number of carbonyl (C=O) groups excluding carboxylic acids is 1. The topological polar surface area (TPSA) is 73.6 Å². The number of aromatic nitrogens is 1. The molecule has 1 aliphatic heterocycles. The summed E-state index contributed by atoms with van der Waals surface area (Å²) in [7, 11) is -0.711. The lowest BCUT2D eigenvalue weighted by atomic mass is 9.78. The molecule has 2 heterocycles. The number of amides is 1. The van der Waals surface area contributed by atoms with E-state index in [0.717, 1.165) is 0 Å². The molecular weight excluding hydrogens is 443 g/mol. The fourth-order valence-electron chi connectivity index (χ4n) is 3.31. The lowest BCUT2D eigenvalue weighted by molar-refractivity contribution is -0.135. The quantitative estimate of drug-likeness (QED) is 0.348. The van der Waals surface area contributed by atoms with E-state index in [1.54, 1.807) is 6.07 Å². The molecule has 0 saturated carbocycles. The van der Waals surface area contributed by atoms with Crippen molar-refractivity contribution in [1.29, 1.82) is 0 Å². The Labute approximate surface area is 190 Å². The van der Waals surface area contributed by atoms with Gasteiger partial charge in [-0.3, -0.25) is 4.79 Å². The summed E-state index contributed by atoms with van der Waals surface area (Å²) in [5.74, 6) is -0.581. The van der Waals surface area contributed by atoms with Crippen LogP contribution >= 0.6 is 0 Å². The van der Waals surface area contributed by atoms with E-state index in [2.05, 4.69) is 10.5 Å². The zero-order valence-electron chi connectivity index (χ0n) is 19.0. The molecule has 1 aromatic carbocycles. The molecule has 0 atom stereocenters. The van der Waals surface area contributed by atoms with E-state index in [4.69, 9.17) is 13.8 Å². The normalized spacial score (nSPS) is 17.4. The van der Waals surface area contributed by atoms with Gasteiger partial charge in [0.25, 0.3) is 0 Å². The number of nitrogens with one attached hydrogen (secondary N) is 1. The third kappa shape index (κ3) is 6.57. The molecule has 0 unspecified atom stereocenters. The summed E-state index contributed by atoms with van der Waals surface area (Å²) < 4.78 is 68.0. The Hall–Kier alpha value is -2.40. The van der Waals surface area contributed by atoms with Gasteiger partial charge in [0.2, 0.25) is 5.91 Å². The third-order valence-electron chi connectivity index (χ3n) is 5.91. The highest BCUT2D eigenvalue weighted by molar-refractivity contribution is 6.62. The molecule has 33 heavy (non-hydrogen) atoms. The first-order valence-electron chi connectivity index (χ1n) is 10.7. The van der Waals surface area contributed by atoms with Crippen molar-refractivity contribution in [3.8, 4) is 0 Å². The molecule has 0 aliphatic carbocycles. The van der Waals surface area contributed by atoms with E-state index in [1.807, 2.05) is 27.7 Å². The molecule has 1 aliphatic rings. The van der Waals surface area contributed by atoms with Gasteiger partial charge >= 0.3 is 13.3 Å². The molecule has 11 heteroatoms. The molecular formula is C22H27BF4N2O4. The van der Waals surface area contributed by atoms with Crippen LogP contribution in [-0.2, 0) is 26.9 Å². The first-order valence-corrected chi connectivity index (χ1v) is 10.7. The van der Waals surface area contributed by atoms with Crippen LogP contribution in [0.3, 0.4) is 0 Å². The second-order valence-corrected chi connectivity index (χ2v) is 9.16. The van der Waals surface area contributed by atoms with Crippen molar-refractivity contribution in [3.63, 3.8) is 0 Å². The molecule has 3 rings (SSSR count). The van der Waals surface area contributed by atoms with Crippen LogP contribution in [0.1, 0.15) is 58.3 Å². The van der Waals surface area contributed by atoms with Gasteiger partial charge in [-0.2, -0.15) is 13.2 Å². The summed E-state index contributed by atoms with van der Waals surface area (Å²) in [4.78, 5) is 12.3. The molecule has 2 aromatic rings. The minimum Gasteiger partial charge on any atom is -0.399 e. The number of carbonyl (C=O) groups is 1. The zero-order valence-corrected chi connectivity index (χ0v) is 19.0. The van der Waals surface area contributed by atoms with Gasteiger partial charge in [-0.15, -0.1) is 0 Å². The first-order chi connectivity index (χ1) is 15.3. The number of hydrogen-bond donors (Lipinski definition) is 1. The number of rotatable bonds is 8. The van der Waals surface area contributed by atoms with E-state index in [9.17, 15) is 22.4 Å². The SMILES string of the molecule is CC1(C)OB(c2ccc(CC(=O)Nc3cc(CCCCC(F)(F)F)on3)c(F)c2)OC1(C)C. The summed E-state index contributed by atoms with van der Waals surface area (Å²) in [5.41, 5.74) is -0.409. The minimum atomic E-state index is -4.18. The number of aryl methyl sites for hydroxylation is 1. The highest BCUT2D eigenvalue weighted by Gasteiger charge is 2.51. The van der Waals surface area contributed by atoms with Gasteiger partial charge < -0.3 is 19.1 Å². The highest BCUT2D eigenvalue weighted by Crippen LogP contribution is 2.36. The predicted molar refractivity (Wildman–Crippen MR) is 115 cm³/mol. The van der Waals surface area contributed by atoms with E-state index >= 15 is 0 Å². The Morgan fingerprint density at radius 3 is 2.36 bits per heavy atom. The Kier molecular flexibility index (Phi) is 7.23. The molecule has 1 saturated heterocycles. The molecule has 180 valence electrons. The maximum atomic E-state index is 14.6. The number of hydrogen-bond acceptors (Lipinski definition) is 5. The van der Waals surface area contributed by atoms with E-state index < -0.39 is 42.6 Å². The van der Waals surface area contributed by atoms with Crippen LogP contribution < -0.4 is 10.8 Å². The van der Waals surface area contributed by atoms with Gasteiger partial charge in [-0.25, -0.2) is 4.39 Å². The first kappa shape index (κ1) is 25.2. The average molecular weight is 470 g/mol. The molecule has 1 N–H and O–H groups in total.